The fourth-order valence-corrected chi connectivity index (χ4v) is 4.17. The molecule has 1 fully saturated rings. The second kappa shape index (κ2) is 10.9. The van der Waals surface area contributed by atoms with Crippen LogP contribution >= 0.6 is 11.8 Å². The zero-order chi connectivity index (χ0) is 21.4. The van der Waals surface area contributed by atoms with Gasteiger partial charge < -0.3 is 10.2 Å². The third-order valence-corrected chi connectivity index (χ3v) is 6.45. The predicted molar refractivity (Wildman–Crippen MR) is 124 cm³/mol. The molecule has 1 aromatic heterocycles. The van der Waals surface area contributed by atoms with E-state index in [1.54, 1.807) is 0 Å². The van der Waals surface area contributed by atoms with Crippen LogP contribution in [0.5, 0.6) is 0 Å². The van der Waals surface area contributed by atoms with Crippen LogP contribution in [0.1, 0.15) is 94.6 Å². The second-order valence-electron chi connectivity index (χ2n) is 8.69. The van der Waals surface area contributed by atoms with E-state index in [1.807, 2.05) is 0 Å². The highest BCUT2D eigenvalue weighted by Crippen LogP contribution is 2.48. The summed E-state index contributed by atoms with van der Waals surface area (Å²) in [7, 11) is 0. The summed E-state index contributed by atoms with van der Waals surface area (Å²) in [6.07, 6.45) is 14.9. The lowest BCUT2D eigenvalue weighted by Gasteiger charge is -2.08. The van der Waals surface area contributed by atoms with Gasteiger partial charge in [0.25, 0.3) is 0 Å². The van der Waals surface area contributed by atoms with Crippen molar-refractivity contribution in [3.63, 3.8) is 0 Å². The summed E-state index contributed by atoms with van der Waals surface area (Å²) in [5, 5.41) is 8.55. The lowest BCUT2D eigenvalue weighted by molar-refractivity contribution is 0.486. The highest BCUT2D eigenvalue weighted by atomic mass is 35.5. The monoisotopic (exact) mass is 430 g/mol. The zero-order valence-corrected chi connectivity index (χ0v) is 19.2. The first-order valence-electron chi connectivity index (χ1n) is 11.5. The summed E-state index contributed by atoms with van der Waals surface area (Å²) in [5.41, 5.74) is 8.94. The van der Waals surface area contributed by atoms with E-state index in [2.05, 4.69) is 46.8 Å². The number of amidine groups is 1. The lowest BCUT2D eigenvalue weighted by Crippen LogP contribution is -2.28. The topological polar surface area (TPSA) is 77.3 Å². The zero-order valence-electron chi connectivity index (χ0n) is 18.4. The van der Waals surface area contributed by atoms with E-state index >= 15 is 0 Å². The minimum Gasteiger partial charge on any atom is -0.420 e. The molecule has 0 spiro atoms. The molecule has 0 amide bonds. The standard InChI is InChI=1S/C24H35ClN4O/c1-3-4-5-6-7-8-9-10-11-12-19-14-13-18(2)20(17-19)21-28-29-23(30-21)24(15-16-24)22(26)27-25/h13-14,17H,3-12,15-16H2,1-2H3,(H2,26,27). The first kappa shape index (κ1) is 22.8. The summed E-state index contributed by atoms with van der Waals surface area (Å²) in [4.78, 5) is 0. The van der Waals surface area contributed by atoms with E-state index < -0.39 is 5.41 Å². The number of aromatic nitrogens is 2. The van der Waals surface area contributed by atoms with Crippen LogP contribution in [0, 0.1) is 6.92 Å². The van der Waals surface area contributed by atoms with Crippen LogP contribution in [0.15, 0.2) is 27.1 Å². The van der Waals surface area contributed by atoms with Crippen molar-refractivity contribution < 1.29 is 4.42 Å². The van der Waals surface area contributed by atoms with Crippen molar-refractivity contribution in [2.45, 2.75) is 96.3 Å². The second-order valence-corrected chi connectivity index (χ2v) is 8.86. The predicted octanol–water partition coefficient (Wildman–Crippen LogP) is 6.66. The largest absolute Gasteiger partial charge is 0.420 e. The van der Waals surface area contributed by atoms with E-state index in [0.29, 0.717) is 17.6 Å². The van der Waals surface area contributed by atoms with Crippen LogP contribution < -0.4 is 5.73 Å². The van der Waals surface area contributed by atoms with Crippen LogP contribution in [-0.2, 0) is 11.8 Å². The van der Waals surface area contributed by atoms with Gasteiger partial charge in [-0.1, -0.05) is 70.4 Å². The molecule has 0 bridgehead atoms. The Morgan fingerprint density at radius 1 is 1.07 bits per heavy atom. The molecule has 3 rings (SSSR count). The molecule has 5 nitrogen and oxygen atoms in total. The van der Waals surface area contributed by atoms with Crippen LogP contribution in [0.25, 0.3) is 11.5 Å². The maximum atomic E-state index is 6.01. The van der Waals surface area contributed by atoms with Gasteiger partial charge in [0.1, 0.15) is 11.3 Å². The number of rotatable bonds is 13. The molecule has 0 saturated heterocycles. The van der Waals surface area contributed by atoms with E-state index in [1.165, 1.54) is 63.4 Å². The van der Waals surface area contributed by atoms with Crippen molar-refractivity contribution in [3.8, 4) is 11.5 Å². The minimum absolute atomic E-state index is 0.357. The minimum atomic E-state index is -0.463. The molecule has 1 aromatic carbocycles. The van der Waals surface area contributed by atoms with Crippen molar-refractivity contribution in [2.75, 3.05) is 0 Å². The molecular weight excluding hydrogens is 396 g/mol. The van der Waals surface area contributed by atoms with Crippen LogP contribution in [0.2, 0.25) is 0 Å². The lowest BCUT2D eigenvalue weighted by atomic mass is 10.00. The number of unbranched alkanes of at least 4 members (excludes halogenated alkanes) is 8. The van der Waals surface area contributed by atoms with Crippen LogP contribution in [0.3, 0.4) is 0 Å². The first-order chi connectivity index (χ1) is 14.6. The normalized spacial score (nSPS) is 15.5. The molecular formula is C24H35ClN4O. The van der Waals surface area contributed by atoms with Crippen molar-refractivity contribution in [3.05, 3.63) is 35.2 Å². The molecule has 1 saturated carbocycles. The van der Waals surface area contributed by atoms with Crippen molar-refractivity contribution >= 4 is 17.6 Å². The average molecular weight is 431 g/mol. The highest BCUT2D eigenvalue weighted by molar-refractivity contribution is 6.21. The summed E-state index contributed by atoms with van der Waals surface area (Å²) >= 11 is 5.58. The molecule has 2 N–H and O–H groups in total. The van der Waals surface area contributed by atoms with E-state index in [4.69, 9.17) is 21.9 Å². The third kappa shape index (κ3) is 5.63. The molecule has 1 aliphatic carbocycles. The van der Waals surface area contributed by atoms with Gasteiger partial charge in [-0.2, -0.15) is 4.51 Å². The van der Waals surface area contributed by atoms with Gasteiger partial charge in [0.2, 0.25) is 11.8 Å². The van der Waals surface area contributed by atoms with Crippen LogP contribution in [0.4, 0.5) is 0 Å². The summed E-state index contributed by atoms with van der Waals surface area (Å²) in [6.45, 7) is 4.34. The molecule has 30 heavy (non-hydrogen) atoms. The Labute approximate surface area is 185 Å². The van der Waals surface area contributed by atoms with Gasteiger partial charge in [0.15, 0.2) is 0 Å². The summed E-state index contributed by atoms with van der Waals surface area (Å²) in [6, 6.07) is 6.54. The van der Waals surface area contributed by atoms with E-state index in [9.17, 15) is 0 Å². The van der Waals surface area contributed by atoms with Crippen molar-refractivity contribution in [2.24, 2.45) is 10.2 Å². The van der Waals surface area contributed by atoms with Gasteiger partial charge in [-0.3, -0.25) is 0 Å². The number of aryl methyl sites for hydroxylation is 2. The SMILES string of the molecule is CCCCCCCCCCCc1ccc(C)c(-c2nnc(C3(/C(N)=N/Cl)CC3)o2)c1. The molecule has 0 radical (unpaired) electrons. The smallest absolute Gasteiger partial charge is 0.248 e. The first-order valence-corrected chi connectivity index (χ1v) is 11.8. The van der Waals surface area contributed by atoms with Gasteiger partial charge in [-0.15, -0.1) is 10.2 Å². The fraction of sp³-hybridized carbons (Fsp3) is 0.625. The average Bonchev–Trinajstić information content (AvgIpc) is 3.43. The number of halogens is 1. The molecule has 0 atom stereocenters. The Kier molecular flexibility index (Phi) is 8.32. The Bertz CT molecular complexity index is 841. The summed E-state index contributed by atoms with van der Waals surface area (Å²) < 4.78 is 9.64. The number of nitrogens with two attached hydrogens (primary N) is 1. The molecule has 164 valence electrons. The number of benzene rings is 1. The Hall–Kier alpha value is -1.88. The van der Waals surface area contributed by atoms with Crippen molar-refractivity contribution in [1.82, 2.24) is 10.2 Å². The number of hydrogen-bond donors (Lipinski definition) is 1. The molecule has 1 aliphatic rings. The Balaban J connectivity index is 1.53. The molecule has 6 heteroatoms. The van der Waals surface area contributed by atoms with Gasteiger partial charge in [0, 0.05) is 17.3 Å². The van der Waals surface area contributed by atoms with Gasteiger partial charge in [-0.25, -0.2) is 0 Å². The molecule has 0 unspecified atom stereocenters. The highest BCUT2D eigenvalue weighted by Gasteiger charge is 2.53. The third-order valence-electron chi connectivity index (χ3n) is 6.27. The van der Waals surface area contributed by atoms with Gasteiger partial charge in [0.05, 0.1) is 0 Å². The summed E-state index contributed by atoms with van der Waals surface area (Å²) in [5.74, 6) is 1.42. The number of hydrogen-bond acceptors (Lipinski definition) is 4. The van der Waals surface area contributed by atoms with Crippen molar-refractivity contribution in [1.29, 1.82) is 0 Å². The fourth-order valence-electron chi connectivity index (χ4n) is 4.01. The quantitative estimate of drug-likeness (QED) is 0.219. The van der Waals surface area contributed by atoms with Gasteiger partial charge in [-0.05, 0) is 49.8 Å². The van der Waals surface area contributed by atoms with Gasteiger partial charge >= 0.3 is 0 Å². The molecule has 1 heterocycles. The maximum Gasteiger partial charge on any atom is 0.248 e. The van der Waals surface area contributed by atoms with E-state index in [0.717, 1.165) is 30.4 Å². The Morgan fingerprint density at radius 2 is 1.73 bits per heavy atom. The molecule has 0 aliphatic heterocycles. The van der Waals surface area contributed by atoms with E-state index in [-0.39, 0.29) is 0 Å². The van der Waals surface area contributed by atoms with Crippen LogP contribution in [-0.4, -0.2) is 16.0 Å². The Morgan fingerprint density at radius 3 is 2.37 bits per heavy atom. The maximum absolute atomic E-state index is 6.01. The number of nitrogens with zero attached hydrogens (tertiary/aromatic N) is 3. The molecule has 2 aromatic rings.